The van der Waals surface area contributed by atoms with E-state index in [1.54, 1.807) is 28.4 Å². The van der Waals surface area contributed by atoms with Gasteiger partial charge in [-0.3, -0.25) is 9.05 Å². The molecule has 0 unspecified atom stereocenters. The minimum Gasteiger partial charge on any atom is -0.497 e. The van der Waals surface area contributed by atoms with E-state index in [9.17, 15) is 0 Å². The molecule has 0 bridgehead atoms. The third-order valence-corrected chi connectivity index (χ3v) is 13.8. The second-order valence-corrected chi connectivity index (χ2v) is 22.6. The molecule has 2 heterocycles. The zero-order valence-corrected chi connectivity index (χ0v) is 42.7. The van der Waals surface area contributed by atoms with Crippen molar-refractivity contribution in [1.82, 2.24) is 0 Å². The van der Waals surface area contributed by atoms with Crippen LogP contribution in [-0.4, -0.2) is 40.6 Å². The lowest BCUT2D eigenvalue weighted by Gasteiger charge is -2.22. The molecule has 6 aromatic rings. The van der Waals surface area contributed by atoms with Gasteiger partial charge in [-0.2, -0.15) is 0 Å². The molecule has 0 spiro atoms. The van der Waals surface area contributed by atoms with Crippen molar-refractivity contribution in [3.8, 4) is 23.0 Å². The van der Waals surface area contributed by atoms with Crippen LogP contribution in [0.15, 0.2) is 65.3 Å². The summed E-state index contributed by atoms with van der Waals surface area (Å²) < 4.78 is 65.4. The van der Waals surface area contributed by atoms with E-state index < -0.39 is 16.5 Å². The molecule has 344 valence electrons. The van der Waals surface area contributed by atoms with Crippen LogP contribution in [0.3, 0.4) is 0 Å². The van der Waals surface area contributed by atoms with Crippen LogP contribution in [0.2, 0.25) is 0 Å². The van der Waals surface area contributed by atoms with Crippen molar-refractivity contribution in [2.24, 2.45) is 0 Å². The Hall–Kier alpha value is -4.20. The topological polar surface area (TPSA) is 108 Å². The second kappa shape index (κ2) is 18.4. The standard InChI is InChI=1S/C51H70O10P2/c1-19-30(56-62-58-44-36(22-32(52-15)26-40(44)48(3,4)5)37-23-33(53-16)27-41(45(37)59-62)49(6,7)8)21-31(20-2)57-63-60-46-38(24-34(54-17)28-42(46)50(9,10)11)39-25-35(55-18)29-43(47(39)61-63)51(12,13)14/h22-31H,19-21H2,1-18H3/t30-,31-/m1/s1. The van der Waals surface area contributed by atoms with Gasteiger partial charge >= 0.3 is 16.5 Å². The van der Waals surface area contributed by atoms with Gasteiger partial charge in [-0.15, -0.1) is 0 Å². The van der Waals surface area contributed by atoms with Crippen molar-refractivity contribution in [2.45, 2.75) is 150 Å². The van der Waals surface area contributed by atoms with E-state index in [-0.39, 0.29) is 33.9 Å². The van der Waals surface area contributed by atoms with Crippen LogP contribution in [0, 0.1) is 0 Å². The minimum atomic E-state index is -1.96. The van der Waals surface area contributed by atoms with Crippen LogP contribution >= 0.6 is 16.5 Å². The summed E-state index contributed by atoms with van der Waals surface area (Å²) >= 11 is 0. The van der Waals surface area contributed by atoms with Crippen molar-refractivity contribution >= 4 is 60.4 Å². The number of ether oxygens (including phenoxy) is 4. The highest BCUT2D eigenvalue weighted by molar-refractivity contribution is 7.32. The number of benzene rings is 4. The number of hydrogen-bond donors (Lipinski definition) is 0. The maximum absolute atomic E-state index is 7.00. The van der Waals surface area contributed by atoms with Crippen LogP contribution in [0.4, 0.5) is 0 Å². The van der Waals surface area contributed by atoms with Gasteiger partial charge < -0.3 is 35.7 Å². The number of rotatable bonds is 12. The van der Waals surface area contributed by atoms with Gasteiger partial charge in [0.2, 0.25) is 0 Å². The van der Waals surface area contributed by atoms with Crippen LogP contribution in [-0.2, 0) is 21.7 Å². The molecule has 4 aromatic carbocycles. The molecule has 63 heavy (non-hydrogen) atoms. The van der Waals surface area contributed by atoms with Gasteiger partial charge in [0, 0.05) is 50.2 Å². The highest BCUT2D eigenvalue weighted by Gasteiger charge is 2.30. The van der Waals surface area contributed by atoms with Gasteiger partial charge in [0.1, 0.15) is 45.3 Å². The highest BCUT2D eigenvalue weighted by Crippen LogP contribution is 2.47. The molecule has 0 aliphatic rings. The Morgan fingerprint density at radius 1 is 0.397 bits per heavy atom. The van der Waals surface area contributed by atoms with E-state index in [1.165, 1.54) is 0 Å². The number of methoxy groups -OCH3 is 4. The highest BCUT2D eigenvalue weighted by atomic mass is 31.1. The summed E-state index contributed by atoms with van der Waals surface area (Å²) in [5.41, 5.74) is 5.58. The molecule has 0 saturated carbocycles. The molecule has 0 radical (unpaired) electrons. The lowest BCUT2D eigenvalue weighted by molar-refractivity contribution is 0.155. The first-order valence-corrected chi connectivity index (χ1v) is 24.2. The van der Waals surface area contributed by atoms with Gasteiger partial charge in [0.25, 0.3) is 0 Å². The van der Waals surface area contributed by atoms with E-state index in [0.717, 1.165) is 66.8 Å². The summed E-state index contributed by atoms with van der Waals surface area (Å²) in [5.74, 6) is 2.92. The largest absolute Gasteiger partial charge is 0.497 e. The predicted molar refractivity (Wildman–Crippen MR) is 260 cm³/mol. The smallest absolute Gasteiger partial charge is 0.387 e. The first kappa shape index (κ1) is 48.3. The zero-order valence-electron chi connectivity index (χ0n) is 40.9. The first-order valence-electron chi connectivity index (χ1n) is 22.0. The van der Waals surface area contributed by atoms with E-state index >= 15 is 0 Å². The van der Waals surface area contributed by atoms with Crippen LogP contribution in [0.25, 0.3) is 43.9 Å². The summed E-state index contributed by atoms with van der Waals surface area (Å²) in [6.45, 7) is 30.3. The molecule has 0 aliphatic heterocycles. The molecule has 2 atom stereocenters. The fourth-order valence-electron chi connectivity index (χ4n) is 7.83. The molecule has 0 saturated heterocycles. The molecule has 0 amide bonds. The maximum atomic E-state index is 7.00. The van der Waals surface area contributed by atoms with Crippen molar-refractivity contribution in [3.63, 3.8) is 0 Å². The molecular weight excluding hydrogens is 834 g/mol. The van der Waals surface area contributed by atoms with E-state index in [1.807, 2.05) is 48.5 Å². The zero-order chi connectivity index (χ0) is 46.4. The molecule has 12 heteroatoms. The summed E-state index contributed by atoms with van der Waals surface area (Å²) in [4.78, 5) is 0. The Morgan fingerprint density at radius 3 is 0.794 bits per heavy atom. The first-order chi connectivity index (χ1) is 29.4. The quantitative estimate of drug-likeness (QED) is 0.118. The number of fused-ring (bicyclic) bond motifs is 6. The Bertz CT molecular complexity index is 2330. The van der Waals surface area contributed by atoms with Crippen molar-refractivity contribution < 1.29 is 44.8 Å². The summed E-state index contributed by atoms with van der Waals surface area (Å²) in [5, 5.41) is 3.45. The Labute approximate surface area is 376 Å². The molecular formula is C51H70O10P2. The van der Waals surface area contributed by atoms with Gasteiger partial charge in [-0.05, 0) is 83.0 Å². The van der Waals surface area contributed by atoms with Crippen LogP contribution in [0.5, 0.6) is 23.0 Å². The normalized spacial score (nSPS) is 13.7. The van der Waals surface area contributed by atoms with Crippen molar-refractivity contribution in [3.05, 3.63) is 70.8 Å². The molecule has 0 N–H and O–H groups in total. The summed E-state index contributed by atoms with van der Waals surface area (Å²) in [7, 11) is 2.83. The average molecular weight is 905 g/mol. The lowest BCUT2D eigenvalue weighted by atomic mass is 9.84. The van der Waals surface area contributed by atoms with Gasteiger partial charge in [0.05, 0.1) is 40.6 Å². The molecule has 2 aromatic heterocycles. The van der Waals surface area contributed by atoms with Gasteiger partial charge in [-0.25, -0.2) is 0 Å². The van der Waals surface area contributed by atoms with Crippen molar-refractivity contribution in [1.29, 1.82) is 0 Å². The summed E-state index contributed by atoms with van der Waals surface area (Å²) in [6, 6.07) is 16.3. The molecule has 6 rings (SSSR count). The fourth-order valence-corrected chi connectivity index (χ4v) is 10.4. The maximum Gasteiger partial charge on any atom is 0.387 e. The molecule has 0 fully saturated rings. The Morgan fingerprint density at radius 2 is 0.619 bits per heavy atom. The van der Waals surface area contributed by atoms with Gasteiger partial charge in [0.15, 0.2) is 0 Å². The Balaban J connectivity index is 1.54. The predicted octanol–water partition coefficient (Wildman–Crippen LogP) is 15.6. The van der Waals surface area contributed by atoms with E-state index in [2.05, 4.69) is 96.9 Å². The third kappa shape index (κ3) is 10.4. The Kier molecular flexibility index (Phi) is 14.1. The van der Waals surface area contributed by atoms with Gasteiger partial charge in [-0.1, -0.05) is 96.9 Å². The molecule has 10 nitrogen and oxygen atoms in total. The second-order valence-electron chi connectivity index (χ2n) is 20.5. The van der Waals surface area contributed by atoms with Crippen LogP contribution < -0.4 is 28.0 Å². The fraction of sp³-hybridized carbons (Fsp3) is 0.529. The van der Waals surface area contributed by atoms with E-state index in [0.29, 0.717) is 41.6 Å². The average Bonchev–Trinajstić information content (AvgIpc) is 3.46. The minimum absolute atomic E-state index is 0.296. The SMILES string of the molecule is CC[C@H](C[C@@H](CC)Op1oc2c(C(C)(C)C)cc(OC)cc2c2cc(OC)cc(C(C)(C)C)c2o1)Op1oc2c(C(C)(C)C)cc(OC)cc2c2cc(OC)cc(C(C)(C)C)c2o1. The van der Waals surface area contributed by atoms with E-state index in [4.69, 9.17) is 44.8 Å². The van der Waals surface area contributed by atoms with Crippen LogP contribution in [0.1, 0.15) is 138 Å². The summed E-state index contributed by atoms with van der Waals surface area (Å²) in [6.07, 6.45) is 1.30. The third-order valence-electron chi connectivity index (χ3n) is 11.6. The van der Waals surface area contributed by atoms with Crippen molar-refractivity contribution in [2.75, 3.05) is 28.4 Å². The molecule has 0 aliphatic carbocycles. The monoisotopic (exact) mass is 904 g/mol. The number of hydrogen-bond acceptors (Lipinski definition) is 10. The lowest BCUT2D eigenvalue weighted by Crippen LogP contribution is -2.25.